The molecule has 4 heterocycles. The number of nitrogens with zero attached hydrogens (tertiary/aromatic N) is 3. The molecule has 1 unspecified atom stereocenters. The second-order valence-electron chi connectivity index (χ2n) is 7.52. The number of rotatable bonds is 1. The van der Waals surface area contributed by atoms with Crippen LogP contribution >= 0.6 is 0 Å². The molecule has 2 aliphatic heterocycles. The van der Waals surface area contributed by atoms with Gasteiger partial charge in [0.25, 0.3) is 5.69 Å². The minimum atomic E-state index is -0.915. The van der Waals surface area contributed by atoms with Crippen LogP contribution in [0.2, 0.25) is 0 Å². The maximum Gasteiger partial charge on any atom is 0.424 e. The number of fused-ring (bicyclic) bond motifs is 10. The fourth-order valence-corrected chi connectivity index (χ4v) is 5.01. The van der Waals surface area contributed by atoms with Crippen LogP contribution in [0.25, 0.3) is 22.5 Å². The Morgan fingerprint density at radius 2 is 1.62 bits per heavy atom. The first kappa shape index (κ1) is 15.1. The Morgan fingerprint density at radius 3 is 2.31 bits per heavy atom. The van der Waals surface area contributed by atoms with Gasteiger partial charge in [0.2, 0.25) is 11.4 Å². The molecule has 0 bridgehead atoms. The van der Waals surface area contributed by atoms with Crippen molar-refractivity contribution in [1.82, 2.24) is 0 Å². The van der Waals surface area contributed by atoms with Crippen LogP contribution in [-0.4, -0.2) is 4.92 Å². The molecule has 0 saturated carbocycles. The van der Waals surface area contributed by atoms with E-state index in [4.69, 9.17) is 1.37 Å². The molecule has 6 rings (SSSR count). The van der Waals surface area contributed by atoms with Gasteiger partial charge in [-0.15, -0.1) is 9.13 Å². The number of hydrogen-bond donors (Lipinski definition) is 0. The highest BCUT2D eigenvalue weighted by Gasteiger charge is 2.69. The zero-order valence-corrected chi connectivity index (χ0v) is 15.7. The third-order valence-corrected chi connectivity index (χ3v) is 6.04. The zero-order valence-electron chi connectivity index (χ0n) is 16.7. The summed E-state index contributed by atoms with van der Waals surface area (Å²) in [5.41, 5.74) is 5.45. The first-order valence-electron chi connectivity index (χ1n) is 9.97. The zero-order chi connectivity index (χ0) is 20.6. The van der Waals surface area contributed by atoms with Crippen molar-refractivity contribution in [3.8, 4) is 22.5 Å². The summed E-state index contributed by atoms with van der Waals surface area (Å²) >= 11 is 0. The van der Waals surface area contributed by atoms with Crippen LogP contribution < -0.4 is 9.13 Å². The predicted molar refractivity (Wildman–Crippen MR) is 107 cm³/mol. The van der Waals surface area contributed by atoms with E-state index in [-0.39, 0.29) is 16.7 Å². The van der Waals surface area contributed by atoms with Gasteiger partial charge >= 0.3 is 5.66 Å². The molecule has 0 fully saturated rings. The average molecular weight is 381 g/mol. The van der Waals surface area contributed by atoms with E-state index < -0.39 is 5.66 Å². The third-order valence-electron chi connectivity index (χ3n) is 6.04. The van der Waals surface area contributed by atoms with Crippen LogP contribution in [0.5, 0.6) is 0 Å². The van der Waals surface area contributed by atoms with Crippen molar-refractivity contribution in [2.75, 3.05) is 0 Å². The Hall–Kier alpha value is -3.86. The van der Waals surface area contributed by atoms with Gasteiger partial charge in [0.15, 0.2) is 18.0 Å². The van der Waals surface area contributed by atoms with E-state index >= 15 is 0 Å². The van der Waals surface area contributed by atoms with Gasteiger partial charge in [0.1, 0.15) is 5.56 Å². The molecule has 2 aromatic carbocycles. The number of nitro groups is 1. The highest BCUT2D eigenvalue weighted by Crippen LogP contribution is 2.49. The van der Waals surface area contributed by atoms with E-state index in [0.29, 0.717) is 5.56 Å². The summed E-state index contributed by atoms with van der Waals surface area (Å²) in [4.78, 5) is 11.8. The Balaban J connectivity index is 1.89. The summed E-state index contributed by atoms with van der Waals surface area (Å²) in [6.07, 6.45) is 3.96. The normalized spacial score (nSPS) is 18.0. The number of nitro benzene ring substituents is 1. The van der Waals surface area contributed by atoms with Crippen molar-refractivity contribution >= 4 is 5.69 Å². The Bertz CT molecular complexity index is 1400. The smallest absolute Gasteiger partial charge is 0.258 e. The molecule has 0 radical (unpaired) electrons. The molecule has 4 aromatic rings. The van der Waals surface area contributed by atoms with Gasteiger partial charge in [-0.25, -0.2) is 0 Å². The Morgan fingerprint density at radius 1 is 0.931 bits per heavy atom. The fraction of sp³-hybridized carbons (Fsp3) is 0.0833. The molecule has 2 aromatic heterocycles. The monoisotopic (exact) mass is 381 g/mol. The van der Waals surface area contributed by atoms with Gasteiger partial charge in [0.05, 0.1) is 17.4 Å². The quantitative estimate of drug-likeness (QED) is 0.248. The molecular formula is C24H17N3O2+2. The second-order valence-corrected chi connectivity index (χ2v) is 7.52. The van der Waals surface area contributed by atoms with E-state index in [0.717, 1.165) is 33.6 Å². The van der Waals surface area contributed by atoms with Gasteiger partial charge in [0, 0.05) is 30.3 Å². The number of aromatic nitrogens is 2. The maximum absolute atomic E-state index is 12.2. The molecule has 5 heteroatoms. The third kappa shape index (κ3) is 1.80. The molecule has 29 heavy (non-hydrogen) atoms. The highest BCUT2D eigenvalue weighted by molar-refractivity contribution is 5.77. The SMILES string of the molecule is [3H]c1cc2c(c([N+](=O)[O-])c1)C1(c3ccc(C)cc3-c3cccc[n+]31)[n+]1ccccc1-2. The molecule has 138 valence electrons. The van der Waals surface area contributed by atoms with Crippen molar-refractivity contribution in [3.63, 3.8) is 0 Å². The fourth-order valence-electron chi connectivity index (χ4n) is 5.01. The van der Waals surface area contributed by atoms with Gasteiger partial charge in [-0.3, -0.25) is 10.1 Å². The summed E-state index contributed by atoms with van der Waals surface area (Å²) < 4.78 is 12.4. The molecular weight excluding hydrogens is 362 g/mol. The lowest BCUT2D eigenvalue weighted by atomic mass is 9.88. The summed E-state index contributed by atoms with van der Waals surface area (Å²) in [5.74, 6) is 0. The lowest BCUT2D eigenvalue weighted by molar-refractivity contribution is -0.955. The molecule has 1 spiro atoms. The topological polar surface area (TPSA) is 50.9 Å². The van der Waals surface area contributed by atoms with Crippen LogP contribution in [0.1, 0.15) is 18.1 Å². The van der Waals surface area contributed by atoms with E-state index in [1.807, 2.05) is 42.7 Å². The van der Waals surface area contributed by atoms with Gasteiger partial charge in [-0.2, -0.15) is 0 Å². The summed E-state index contributed by atoms with van der Waals surface area (Å²) in [5, 5.41) is 12.2. The second kappa shape index (κ2) is 5.35. The van der Waals surface area contributed by atoms with Crippen molar-refractivity contribution in [2.45, 2.75) is 12.6 Å². The number of aryl methyl sites for hydroxylation is 1. The lowest BCUT2D eigenvalue weighted by Gasteiger charge is -2.17. The van der Waals surface area contributed by atoms with Crippen LogP contribution in [0, 0.1) is 17.0 Å². The van der Waals surface area contributed by atoms with Crippen LogP contribution in [0.4, 0.5) is 5.69 Å². The van der Waals surface area contributed by atoms with Crippen LogP contribution in [0.15, 0.2) is 85.2 Å². The van der Waals surface area contributed by atoms with Gasteiger partial charge < -0.3 is 0 Å². The summed E-state index contributed by atoms with van der Waals surface area (Å²) in [6, 6.07) is 21.3. The average Bonchev–Trinajstić information content (AvgIpc) is 3.19. The molecule has 0 saturated heterocycles. The van der Waals surface area contributed by atoms with Crippen molar-refractivity contribution in [3.05, 3.63) is 112 Å². The van der Waals surface area contributed by atoms with Crippen molar-refractivity contribution < 1.29 is 15.4 Å². The molecule has 0 N–H and O–H groups in total. The molecule has 0 aliphatic carbocycles. The maximum atomic E-state index is 12.2. The van der Waals surface area contributed by atoms with Gasteiger partial charge in [-0.05, 0) is 37.3 Å². The number of benzene rings is 2. The summed E-state index contributed by atoms with van der Waals surface area (Å²) in [6.45, 7) is 2.05. The van der Waals surface area contributed by atoms with E-state index in [1.54, 1.807) is 6.07 Å². The lowest BCUT2D eigenvalue weighted by Crippen LogP contribution is -2.71. The van der Waals surface area contributed by atoms with Crippen LogP contribution in [0.3, 0.4) is 0 Å². The molecule has 0 amide bonds. The molecule has 5 nitrogen and oxygen atoms in total. The van der Waals surface area contributed by atoms with Crippen LogP contribution in [-0.2, 0) is 5.66 Å². The molecule has 1 atom stereocenters. The van der Waals surface area contributed by atoms with E-state index in [9.17, 15) is 10.1 Å². The minimum Gasteiger partial charge on any atom is -0.258 e. The number of pyridine rings is 2. The van der Waals surface area contributed by atoms with E-state index in [2.05, 4.69) is 40.3 Å². The number of hydrogen-bond acceptors (Lipinski definition) is 2. The largest absolute Gasteiger partial charge is 0.424 e. The Kier molecular flexibility index (Phi) is 2.79. The van der Waals surface area contributed by atoms with Crippen molar-refractivity contribution in [1.29, 1.82) is 0 Å². The molecule has 2 aliphatic rings. The Labute approximate surface area is 168 Å². The van der Waals surface area contributed by atoms with Crippen molar-refractivity contribution in [2.24, 2.45) is 0 Å². The minimum absolute atomic E-state index is 0.0306. The first-order chi connectivity index (χ1) is 14.5. The van der Waals surface area contributed by atoms with E-state index in [1.165, 1.54) is 6.07 Å². The summed E-state index contributed by atoms with van der Waals surface area (Å²) in [7, 11) is 0. The highest BCUT2D eigenvalue weighted by atomic mass is 16.6. The predicted octanol–water partition coefficient (Wildman–Crippen LogP) is 3.74. The standard InChI is InChI=1S/C24H17N3O2/c1-16-11-12-19-18(15-16)21-9-3-5-14-26(21)24(19)23-17(7-6-10-22(23)27(28)29)20-8-2-4-13-25(20)24/h2-15H,1H3/q+2/i6T. The first-order valence-corrected chi connectivity index (χ1v) is 9.47. The van der Waals surface area contributed by atoms with Gasteiger partial charge in [-0.1, -0.05) is 17.7 Å².